The minimum atomic E-state index is 0.720. The molecule has 0 spiro atoms. The summed E-state index contributed by atoms with van der Waals surface area (Å²) in [5, 5.41) is 6.88. The molecule has 1 heterocycles. The van der Waals surface area contributed by atoms with E-state index >= 15 is 0 Å². The van der Waals surface area contributed by atoms with Crippen molar-refractivity contribution in [1.29, 1.82) is 0 Å². The minimum absolute atomic E-state index is 0.720. The van der Waals surface area contributed by atoms with Crippen molar-refractivity contribution in [1.82, 2.24) is 10.6 Å². The molecule has 3 heteroatoms. The summed E-state index contributed by atoms with van der Waals surface area (Å²) in [6.45, 7) is 4.57. The number of hydrogen-bond donors (Lipinski definition) is 2. The van der Waals surface area contributed by atoms with Crippen LogP contribution in [0.3, 0.4) is 0 Å². The van der Waals surface area contributed by atoms with Crippen LogP contribution in [0.4, 0.5) is 0 Å². The molecule has 11 heavy (non-hydrogen) atoms. The van der Waals surface area contributed by atoms with Gasteiger partial charge in [0.15, 0.2) is 0 Å². The summed E-state index contributed by atoms with van der Waals surface area (Å²) in [5.41, 5.74) is 0. The summed E-state index contributed by atoms with van der Waals surface area (Å²) in [6, 6.07) is 1.46. The highest BCUT2D eigenvalue weighted by molar-refractivity contribution is 7.98. The van der Waals surface area contributed by atoms with Gasteiger partial charge in [-0.3, -0.25) is 0 Å². The van der Waals surface area contributed by atoms with E-state index in [0.29, 0.717) is 0 Å². The Morgan fingerprint density at radius 2 is 2.36 bits per heavy atom. The highest BCUT2D eigenvalue weighted by atomic mass is 32.2. The van der Waals surface area contributed by atoms with Crippen molar-refractivity contribution < 1.29 is 0 Å². The first-order valence-electron chi connectivity index (χ1n) is 4.32. The molecule has 0 amide bonds. The number of nitrogens with one attached hydrogen (secondary N) is 2. The van der Waals surface area contributed by atoms with Crippen LogP contribution in [0, 0.1) is 0 Å². The van der Waals surface area contributed by atoms with Gasteiger partial charge in [0.2, 0.25) is 0 Å². The summed E-state index contributed by atoms with van der Waals surface area (Å²) in [4.78, 5) is 0. The summed E-state index contributed by atoms with van der Waals surface area (Å²) in [7, 11) is 0. The summed E-state index contributed by atoms with van der Waals surface area (Å²) >= 11 is 1.93. The lowest BCUT2D eigenvalue weighted by Gasteiger charge is -2.32. The number of rotatable bonds is 5. The average molecular weight is 174 g/mol. The monoisotopic (exact) mass is 174 g/mol. The molecule has 1 fully saturated rings. The van der Waals surface area contributed by atoms with Gasteiger partial charge in [-0.2, -0.15) is 11.8 Å². The van der Waals surface area contributed by atoms with Crippen molar-refractivity contribution >= 4 is 11.8 Å². The predicted octanol–water partition coefficient (Wildman–Crippen LogP) is 0.689. The zero-order chi connectivity index (χ0) is 8.10. The molecule has 1 rings (SSSR count). The van der Waals surface area contributed by atoms with E-state index in [1.807, 2.05) is 11.8 Å². The Bertz CT molecular complexity index is 104. The molecular weight excluding hydrogens is 156 g/mol. The fourth-order valence-corrected chi connectivity index (χ4v) is 1.96. The molecule has 0 radical (unpaired) electrons. The molecule has 1 aliphatic rings. The second-order valence-electron chi connectivity index (χ2n) is 3.08. The van der Waals surface area contributed by atoms with Gasteiger partial charge in [-0.25, -0.2) is 0 Å². The van der Waals surface area contributed by atoms with Gasteiger partial charge < -0.3 is 10.6 Å². The maximum absolute atomic E-state index is 3.62. The van der Waals surface area contributed by atoms with E-state index in [1.165, 1.54) is 12.2 Å². The van der Waals surface area contributed by atoms with Crippen molar-refractivity contribution in [2.24, 2.45) is 0 Å². The van der Waals surface area contributed by atoms with Crippen LogP contribution in [0.25, 0.3) is 0 Å². The molecule has 0 saturated carbocycles. The highest BCUT2D eigenvalue weighted by Crippen LogP contribution is 2.03. The molecule has 2 N–H and O–H groups in total. The Morgan fingerprint density at radius 3 is 2.73 bits per heavy atom. The van der Waals surface area contributed by atoms with Crippen molar-refractivity contribution in [3.05, 3.63) is 0 Å². The number of hydrogen-bond acceptors (Lipinski definition) is 3. The van der Waals surface area contributed by atoms with Gasteiger partial charge in [-0.15, -0.1) is 0 Å². The highest BCUT2D eigenvalue weighted by Gasteiger charge is 2.18. The quantitative estimate of drug-likeness (QED) is 0.641. The van der Waals surface area contributed by atoms with Gasteiger partial charge in [-0.05, 0) is 12.7 Å². The second-order valence-corrected chi connectivity index (χ2v) is 3.99. The van der Waals surface area contributed by atoms with Gasteiger partial charge in [0, 0.05) is 30.9 Å². The average Bonchev–Trinajstić information content (AvgIpc) is 1.94. The fourth-order valence-electron chi connectivity index (χ4n) is 1.22. The van der Waals surface area contributed by atoms with Crippen molar-refractivity contribution in [2.75, 3.05) is 25.1 Å². The molecule has 1 atom stereocenters. The Kier molecular flexibility index (Phi) is 4.26. The lowest BCUT2D eigenvalue weighted by molar-refractivity contribution is 0.334. The second kappa shape index (κ2) is 5.01. The van der Waals surface area contributed by atoms with E-state index in [9.17, 15) is 0 Å². The maximum Gasteiger partial charge on any atom is 0.0320 e. The van der Waals surface area contributed by atoms with Gasteiger partial charge in [0.25, 0.3) is 0 Å². The van der Waals surface area contributed by atoms with Gasteiger partial charge in [-0.1, -0.05) is 6.92 Å². The molecule has 1 aliphatic heterocycles. The van der Waals surface area contributed by atoms with Crippen LogP contribution in [-0.2, 0) is 0 Å². The summed E-state index contributed by atoms with van der Waals surface area (Å²) in [6.07, 6.45) is 3.42. The molecule has 1 saturated heterocycles. The Labute approximate surface area is 73.5 Å². The lowest BCUT2D eigenvalue weighted by Crippen LogP contribution is -2.58. The van der Waals surface area contributed by atoms with E-state index < -0.39 is 0 Å². The van der Waals surface area contributed by atoms with E-state index in [2.05, 4.69) is 23.8 Å². The minimum Gasteiger partial charge on any atom is -0.314 e. The molecular formula is C8H18N2S. The van der Waals surface area contributed by atoms with Crippen molar-refractivity contribution in [3.63, 3.8) is 0 Å². The molecule has 66 valence electrons. The van der Waals surface area contributed by atoms with Crippen LogP contribution in [0.1, 0.15) is 13.3 Å². The summed E-state index contributed by atoms with van der Waals surface area (Å²) in [5.74, 6) is 1.24. The molecule has 0 aromatic heterocycles. The first-order valence-corrected chi connectivity index (χ1v) is 5.72. The summed E-state index contributed by atoms with van der Waals surface area (Å²) < 4.78 is 0. The van der Waals surface area contributed by atoms with E-state index in [-0.39, 0.29) is 0 Å². The van der Waals surface area contributed by atoms with Crippen LogP contribution >= 0.6 is 11.8 Å². The topological polar surface area (TPSA) is 24.1 Å². The Morgan fingerprint density at radius 1 is 1.64 bits per heavy atom. The smallest absolute Gasteiger partial charge is 0.0320 e. The zero-order valence-corrected chi connectivity index (χ0v) is 8.21. The largest absolute Gasteiger partial charge is 0.314 e. The first kappa shape index (κ1) is 9.36. The van der Waals surface area contributed by atoms with E-state index in [4.69, 9.17) is 0 Å². The molecule has 1 unspecified atom stereocenters. The van der Waals surface area contributed by atoms with Crippen LogP contribution in [-0.4, -0.2) is 37.2 Å². The van der Waals surface area contributed by atoms with Crippen LogP contribution in [0.15, 0.2) is 0 Å². The van der Waals surface area contributed by atoms with Crippen molar-refractivity contribution in [2.45, 2.75) is 25.4 Å². The molecule has 0 aliphatic carbocycles. The standard InChI is InChI=1S/C8H18N2S/c1-3-7(6-11-2)10-8-4-9-5-8/h7-10H,3-6H2,1-2H3. The van der Waals surface area contributed by atoms with Gasteiger partial charge >= 0.3 is 0 Å². The van der Waals surface area contributed by atoms with Gasteiger partial charge in [0.1, 0.15) is 0 Å². The Balaban J connectivity index is 2.08. The molecule has 2 nitrogen and oxygen atoms in total. The van der Waals surface area contributed by atoms with Gasteiger partial charge in [0.05, 0.1) is 0 Å². The maximum atomic E-state index is 3.62. The third kappa shape index (κ3) is 3.01. The fraction of sp³-hybridized carbons (Fsp3) is 1.00. The van der Waals surface area contributed by atoms with E-state index in [0.717, 1.165) is 25.2 Å². The van der Waals surface area contributed by atoms with Crippen molar-refractivity contribution in [3.8, 4) is 0 Å². The predicted molar refractivity (Wildman–Crippen MR) is 52.3 cm³/mol. The first-order chi connectivity index (χ1) is 5.36. The molecule has 0 bridgehead atoms. The molecule has 0 aromatic rings. The third-order valence-electron chi connectivity index (χ3n) is 2.11. The van der Waals surface area contributed by atoms with Crippen LogP contribution < -0.4 is 10.6 Å². The third-order valence-corrected chi connectivity index (χ3v) is 2.85. The van der Waals surface area contributed by atoms with Crippen LogP contribution in [0.5, 0.6) is 0 Å². The number of thioether (sulfide) groups is 1. The van der Waals surface area contributed by atoms with Crippen LogP contribution in [0.2, 0.25) is 0 Å². The molecule has 0 aromatic carbocycles. The normalized spacial score (nSPS) is 21.3. The zero-order valence-electron chi connectivity index (χ0n) is 7.39. The SMILES string of the molecule is CCC(CSC)NC1CNC1. The van der Waals surface area contributed by atoms with E-state index in [1.54, 1.807) is 0 Å². The lowest BCUT2D eigenvalue weighted by atomic mass is 10.1. The Hall–Kier alpha value is 0.270.